The van der Waals surface area contributed by atoms with Gasteiger partial charge in [0.1, 0.15) is 0 Å². The van der Waals surface area contributed by atoms with E-state index < -0.39 is 5.92 Å². The van der Waals surface area contributed by atoms with E-state index in [-0.39, 0.29) is 24.3 Å². The predicted molar refractivity (Wildman–Crippen MR) is 97.0 cm³/mol. The summed E-state index contributed by atoms with van der Waals surface area (Å²) in [5, 5.41) is 2.93. The summed E-state index contributed by atoms with van der Waals surface area (Å²) in [6.45, 7) is 1.26. The Morgan fingerprint density at radius 1 is 1.23 bits per heavy atom. The summed E-state index contributed by atoms with van der Waals surface area (Å²) in [6, 6.07) is 15.0. The number of rotatable bonds is 7. The van der Waals surface area contributed by atoms with Gasteiger partial charge in [0.2, 0.25) is 11.8 Å². The fourth-order valence-electron chi connectivity index (χ4n) is 3.35. The molecule has 0 unspecified atom stereocenters. The molecule has 26 heavy (non-hydrogen) atoms. The number of benzene rings is 1. The zero-order valence-corrected chi connectivity index (χ0v) is 14.8. The molecule has 3 rings (SSSR count). The number of ether oxygens (including phenoxy) is 1. The Balaban J connectivity index is 1.77. The molecule has 0 saturated carbocycles. The second-order valence-electron chi connectivity index (χ2n) is 6.28. The molecule has 2 heterocycles. The molecule has 136 valence electrons. The average Bonchev–Trinajstić information content (AvgIpc) is 3.02. The van der Waals surface area contributed by atoms with Crippen LogP contribution in [-0.4, -0.2) is 42.0 Å². The van der Waals surface area contributed by atoms with Gasteiger partial charge < -0.3 is 15.0 Å². The second-order valence-corrected chi connectivity index (χ2v) is 6.28. The molecule has 1 saturated heterocycles. The Bertz CT molecular complexity index is 736. The summed E-state index contributed by atoms with van der Waals surface area (Å²) >= 11 is 0. The Hall–Kier alpha value is -2.73. The number of hydrogen-bond acceptors (Lipinski definition) is 4. The Kier molecular flexibility index (Phi) is 5.96. The van der Waals surface area contributed by atoms with Crippen molar-refractivity contribution >= 4 is 11.8 Å². The van der Waals surface area contributed by atoms with E-state index >= 15 is 0 Å². The largest absolute Gasteiger partial charge is 0.383 e. The van der Waals surface area contributed by atoms with Crippen LogP contribution in [0, 0.1) is 5.92 Å². The molecule has 1 aromatic carbocycles. The number of nitrogens with one attached hydrogen (secondary N) is 1. The lowest BCUT2D eigenvalue weighted by molar-refractivity contribution is -0.129. The van der Waals surface area contributed by atoms with Crippen LogP contribution >= 0.6 is 0 Å². The highest BCUT2D eigenvalue weighted by Crippen LogP contribution is 2.38. The first-order chi connectivity index (χ1) is 12.7. The molecule has 0 aliphatic carbocycles. The fraction of sp³-hybridized carbons (Fsp3) is 0.350. The summed E-state index contributed by atoms with van der Waals surface area (Å²) in [5.74, 6) is -0.572. The fourth-order valence-corrected chi connectivity index (χ4v) is 3.35. The van der Waals surface area contributed by atoms with Crippen molar-refractivity contribution in [2.24, 2.45) is 5.92 Å². The van der Waals surface area contributed by atoms with Crippen LogP contribution in [0.1, 0.15) is 23.7 Å². The lowest BCUT2D eigenvalue weighted by Gasteiger charge is -2.28. The van der Waals surface area contributed by atoms with E-state index in [1.54, 1.807) is 18.2 Å². The van der Waals surface area contributed by atoms with Crippen molar-refractivity contribution in [3.63, 3.8) is 0 Å². The molecule has 1 aliphatic rings. The molecular weight excluding hydrogens is 330 g/mol. The van der Waals surface area contributed by atoms with Crippen LogP contribution in [-0.2, 0) is 20.9 Å². The van der Waals surface area contributed by atoms with E-state index in [4.69, 9.17) is 4.74 Å². The predicted octanol–water partition coefficient (Wildman–Crippen LogP) is 1.93. The summed E-state index contributed by atoms with van der Waals surface area (Å²) in [5.41, 5.74) is 1.75. The van der Waals surface area contributed by atoms with Crippen molar-refractivity contribution in [3.8, 4) is 0 Å². The molecule has 0 bridgehead atoms. The maximum absolute atomic E-state index is 12.8. The average molecular weight is 353 g/mol. The van der Waals surface area contributed by atoms with E-state index in [0.29, 0.717) is 19.7 Å². The normalized spacial score (nSPS) is 19.6. The standard InChI is InChI=1S/C20H23N3O3/c1-26-12-11-23-18(24)13-17(19(23)15-7-3-2-4-8-15)20(25)22-14-16-9-5-6-10-21-16/h2-10,17,19H,11-14H2,1H3,(H,22,25)/t17-,19+/m1/s1. The van der Waals surface area contributed by atoms with Gasteiger partial charge in [-0.1, -0.05) is 36.4 Å². The highest BCUT2D eigenvalue weighted by Gasteiger charge is 2.44. The number of amides is 2. The van der Waals surface area contributed by atoms with Crippen molar-refractivity contribution in [1.82, 2.24) is 15.2 Å². The summed E-state index contributed by atoms with van der Waals surface area (Å²) in [6.07, 6.45) is 1.90. The topological polar surface area (TPSA) is 71.5 Å². The number of hydrogen-bond donors (Lipinski definition) is 1. The molecule has 6 heteroatoms. The number of likely N-dealkylation sites (tertiary alicyclic amines) is 1. The van der Waals surface area contributed by atoms with E-state index in [1.807, 2.05) is 48.5 Å². The van der Waals surface area contributed by atoms with Gasteiger partial charge in [-0.25, -0.2) is 0 Å². The van der Waals surface area contributed by atoms with E-state index in [0.717, 1.165) is 11.3 Å². The first-order valence-electron chi connectivity index (χ1n) is 8.71. The first-order valence-corrected chi connectivity index (χ1v) is 8.71. The quantitative estimate of drug-likeness (QED) is 0.826. The van der Waals surface area contributed by atoms with E-state index in [9.17, 15) is 9.59 Å². The molecule has 6 nitrogen and oxygen atoms in total. The number of aromatic nitrogens is 1. The minimum Gasteiger partial charge on any atom is -0.383 e. The molecule has 1 fully saturated rings. The lowest BCUT2D eigenvalue weighted by Crippen LogP contribution is -2.36. The number of pyridine rings is 1. The van der Waals surface area contributed by atoms with Gasteiger partial charge in [-0.3, -0.25) is 14.6 Å². The second kappa shape index (κ2) is 8.58. The van der Waals surface area contributed by atoms with Crippen LogP contribution in [0.2, 0.25) is 0 Å². The van der Waals surface area contributed by atoms with E-state index in [2.05, 4.69) is 10.3 Å². The number of carbonyl (C=O) groups is 2. The van der Waals surface area contributed by atoms with Crippen molar-refractivity contribution < 1.29 is 14.3 Å². The molecule has 2 atom stereocenters. The van der Waals surface area contributed by atoms with E-state index in [1.165, 1.54) is 0 Å². The SMILES string of the molecule is COCCN1C(=O)C[C@@H](C(=O)NCc2ccccn2)[C@@H]1c1ccccc1. The molecule has 2 amide bonds. The molecule has 1 N–H and O–H groups in total. The van der Waals surface area contributed by atoms with Crippen LogP contribution in [0.25, 0.3) is 0 Å². The van der Waals surface area contributed by atoms with Gasteiger partial charge in [0.25, 0.3) is 0 Å². The summed E-state index contributed by atoms with van der Waals surface area (Å²) in [7, 11) is 1.61. The zero-order valence-electron chi connectivity index (χ0n) is 14.8. The number of nitrogens with zero attached hydrogens (tertiary/aromatic N) is 2. The maximum Gasteiger partial charge on any atom is 0.226 e. The monoisotopic (exact) mass is 353 g/mol. The smallest absolute Gasteiger partial charge is 0.226 e. The summed E-state index contributed by atoms with van der Waals surface area (Å²) in [4.78, 5) is 31.3. The van der Waals surface area contributed by atoms with Crippen molar-refractivity contribution in [2.45, 2.75) is 19.0 Å². The Morgan fingerprint density at radius 2 is 2.00 bits per heavy atom. The number of carbonyl (C=O) groups excluding carboxylic acids is 2. The third-order valence-corrected chi connectivity index (χ3v) is 4.62. The molecule has 2 aromatic rings. The van der Waals surface area contributed by atoms with Crippen LogP contribution in [0.5, 0.6) is 0 Å². The molecular formula is C20H23N3O3. The van der Waals surface area contributed by atoms with Gasteiger partial charge in [0.05, 0.1) is 30.8 Å². The first kappa shape index (κ1) is 18.1. The molecule has 1 aromatic heterocycles. The van der Waals surface area contributed by atoms with Crippen LogP contribution in [0.15, 0.2) is 54.7 Å². The Morgan fingerprint density at radius 3 is 2.69 bits per heavy atom. The highest BCUT2D eigenvalue weighted by molar-refractivity contribution is 5.90. The van der Waals surface area contributed by atoms with Gasteiger partial charge >= 0.3 is 0 Å². The zero-order chi connectivity index (χ0) is 18.4. The maximum atomic E-state index is 12.8. The molecule has 0 spiro atoms. The van der Waals surface area contributed by atoms with Gasteiger partial charge in [0, 0.05) is 26.3 Å². The Labute approximate surface area is 153 Å². The molecule has 0 radical (unpaired) electrons. The van der Waals surface area contributed by atoms with Crippen molar-refractivity contribution in [1.29, 1.82) is 0 Å². The highest BCUT2D eigenvalue weighted by atomic mass is 16.5. The number of methoxy groups -OCH3 is 1. The van der Waals surface area contributed by atoms with Crippen molar-refractivity contribution in [3.05, 3.63) is 66.0 Å². The van der Waals surface area contributed by atoms with Gasteiger partial charge in [-0.15, -0.1) is 0 Å². The lowest BCUT2D eigenvalue weighted by atomic mass is 9.92. The van der Waals surface area contributed by atoms with Gasteiger partial charge in [0.15, 0.2) is 0 Å². The third-order valence-electron chi connectivity index (χ3n) is 4.62. The van der Waals surface area contributed by atoms with Crippen LogP contribution in [0.4, 0.5) is 0 Å². The molecule has 1 aliphatic heterocycles. The van der Waals surface area contributed by atoms with Crippen LogP contribution < -0.4 is 5.32 Å². The van der Waals surface area contributed by atoms with Gasteiger partial charge in [-0.05, 0) is 17.7 Å². The summed E-state index contributed by atoms with van der Waals surface area (Å²) < 4.78 is 5.13. The third kappa shape index (κ3) is 4.08. The minimum atomic E-state index is -0.425. The van der Waals surface area contributed by atoms with Gasteiger partial charge in [-0.2, -0.15) is 0 Å². The van der Waals surface area contributed by atoms with Crippen molar-refractivity contribution in [2.75, 3.05) is 20.3 Å². The van der Waals surface area contributed by atoms with Crippen LogP contribution in [0.3, 0.4) is 0 Å². The minimum absolute atomic E-state index is 0.0195.